The number of carbonyl (C=O) groups is 1. The van der Waals surface area contributed by atoms with Gasteiger partial charge in [-0.1, -0.05) is 72.3 Å². The van der Waals surface area contributed by atoms with Crippen molar-refractivity contribution >= 4 is 17.3 Å². The predicted octanol–water partition coefficient (Wildman–Crippen LogP) is 8.15. The van der Waals surface area contributed by atoms with Gasteiger partial charge in [-0.3, -0.25) is 9.59 Å². The third-order valence-corrected chi connectivity index (χ3v) is 8.97. The van der Waals surface area contributed by atoms with Gasteiger partial charge in [0, 0.05) is 37.3 Å². The zero-order valence-electron chi connectivity index (χ0n) is 27.5. The zero-order chi connectivity index (χ0) is 32.1. The van der Waals surface area contributed by atoms with E-state index in [1.807, 2.05) is 17.0 Å². The van der Waals surface area contributed by atoms with Crippen molar-refractivity contribution in [2.75, 3.05) is 31.2 Å². The number of benzene rings is 1. The van der Waals surface area contributed by atoms with Crippen molar-refractivity contribution in [3.8, 4) is 11.9 Å². The first kappa shape index (κ1) is 34.8. The van der Waals surface area contributed by atoms with Crippen molar-refractivity contribution in [3.63, 3.8) is 0 Å². The molecule has 2 aromatic rings. The average Bonchev–Trinajstić information content (AvgIpc) is 3.04. The molecule has 240 valence electrons. The van der Waals surface area contributed by atoms with Crippen LogP contribution >= 0.6 is 0 Å². The Morgan fingerprint density at radius 2 is 1.61 bits per heavy atom. The molecule has 1 aromatic heterocycles. The summed E-state index contributed by atoms with van der Waals surface area (Å²) in [5, 5.41) is 31.0. The monoisotopic (exact) mass is 604 g/mol. The van der Waals surface area contributed by atoms with Gasteiger partial charge in [0.2, 0.25) is 5.88 Å². The van der Waals surface area contributed by atoms with E-state index in [1.54, 1.807) is 30.1 Å². The first-order chi connectivity index (χ1) is 21.3. The summed E-state index contributed by atoms with van der Waals surface area (Å²) >= 11 is 0. The van der Waals surface area contributed by atoms with Crippen molar-refractivity contribution in [1.82, 2.24) is 9.58 Å². The standard InChI is InChI=1S/C35H52N6O3/c1-6-10-16-27(8-3)24-39(25-28(9-4)17-11-7-2)33(42)29-18-15-19-30(22-29)37-38-32-26(5)31(23-36)34(43)41(35(32)44)40-20-13-12-14-21-40/h15,18-19,22,27-28,43H,6-14,16-17,20-21,24-25H2,1-5H3. The number of hydrogen-bond acceptors (Lipinski definition) is 7. The molecular weight excluding hydrogens is 552 g/mol. The van der Waals surface area contributed by atoms with Gasteiger partial charge in [-0.15, -0.1) is 5.11 Å². The van der Waals surface area contributed by atoms with Crippen LogP contribution in [-0.2, 0) is 0 Å². The van der Waals surface area contributed by atoms with Crippen LogP contribution in [0.25, 0.3) is 0 Å². The number of carbonyl (C=O) groups excluding carboxylic acids is 1. The summed E-state index contributed by atoms with van der Waals surface area (Å²) in [6.07, 6.45) is 11.8. The van der Waals surface area contributed by atoms with Crippen LogP contribution in [0.1, 0.15) is 120 Å². The average molecular weight is 605 g/mol. The first-order valence-electron chi connectivity index (χ1n) is 16.7. The van der Waals surface area contributed by atoms with Crippen LogP contribution in [-0.4, -0.2) is 46.8 Å². The molecule has 44 heavy (non-hydrogen) atoms. The van der Waals surface area contributed by atoms with E-state index in [4.69, 9.17) is 0 Å². The van der Waals surface area contributed by atoms with E-state index in [9.17, 15) is 20.0 Å². The topological polar surface area (TPSA) is 114 Å². The number of nitrogens with zero attached hydrogens (tertiary/aromatic N) is 6. The van der Waals surface area contributed by atoms with Gasteiger partial charge in [0.15, 0.2) is 5.69 Å². The summed E-state index contributed by atoms with van der Waals surface area (Å²) in [5.74, 6) is 0.544. The molecule has 0 bridgehead atoms. The Balaban J connectivity index is 1.94. The molecule has 1 aliphatic heterocycles. The number of aromatic hydroxyl groups is 1. The lowest BCUT2D eigenvalue weighted by atomic mass is 9.95. The highest BCUT2D eigenvalue weighted by atomic mass is 16.3. The second-order valence-electron chi connectivity index (χ2n) is 12.2. The summed E-state index contributed by atoms with van der Waals surface area (Å²) < 4.78 is 1.17. The van der Waals surface area contributed by atoms with Gasteiger partial charge in [0.05, 0.1) is 5.69 Å². The number of pyridine rings is 1. The summed E-state index contributed by atoms with van der Waals surface area (Å²) in [5.41, 5.74) is 0.765. The molecular formula is C35H52N6O3. The molecule has 3 rings (SSSR count). The number of amides is 1. The Hall–Kier alpha value is -3.67. The van der Waals surface area contributed by atoms with Crippen LogP contribution in [0.3, 0.4) is 0 Å². The summed E-state index contributed by atoms with van der Waals surface area (Å²) in [6, 6.07) is 9.11. The van der Waals surface area contributed by atoms with Crippen LogP contribution in [0, 0.1) is 30.1 Å². The molecule has 1 aromatic carbocycles. The first-order valence-corrected chi connectivity index (χ1v) is 16.7. The van der Waals surface area contributed by atoms with Crippen molar-refractivity contribution in [1.29, 1.82) is 5.26 Å². The molecule has 2 heterocycles. The molecule has 0 spiro atoms. The lowest BCUT2D eigenvalue weighted by Gasteiger charge is -2.31. The molecule has 2 unspecified atom stereocenters. The Kier molecular flexibility index (Phi) is 13.9. The molecule has 1 saturated heterocycles. The van der Waals surface area contributed by atoms with Crippen LogP contribution in [0.5, 0.6) is 5.88 Å². The second kappa shape index (κ2) is 17.6. The lowest BCUT2D eigenvalue weighted by molar-refractivity contribution is 0.0685. The highest BCUT2D eigenvalue weighted by Gasteiger charge is 2.25. The van der Waals surface area contributed by atoms with E-state index in [2.05, 4.69) is 37.9 Å². The van der Waals surface area contributed by atoms with E-state index >= 15 is 0 Å². The fourth-order valence-corrected chi connectivity index (χ4v) is 6.03. The molecule has 1 fully saturated rings. The Morgan fingerprint density at radius 3 is 2.16 bits per heavy atom. The minimum absolute atomic E-state index is 0.00537. The highest BCUT2D eigenvalue weighted by molar-refractivity contribution is 5.95. The van der Waals surface area contributed by atoms with E-state index in [1.165, 1.54) is 4.68 Å². The quantitative estimate of drug-likeness (QED) is 0.194. The fraction of sp³-hybridized carbons (Fsp3) is 0.629. The van der Waals surface area contributed by atoms with Crippen molar-refractivity contribution in [3.05, 3.63) is 51.3 Å². The molecule has 9 nitrogen and oxygen atoms in total. The molecule has 0 saturated carbocycles. The molecule has 1 N–H and O–H groups in total. The van der Waals surface area contributed by atoms with Gasteiger partial charge in [-0.05, 0) is 69.1 Å². The van der Waals surface area contributed by atoms with Gasteiger partial charge in [-0.2, -0.15) is 15.1 Å². The van der Waals surface area contributed by atoms with E-state index in [0.717, 1.165) is 83.7 Å². The minimum atomic E-state index is -0.515. The number of azo groups is 1. The molecule has 0 aliphatic carbocycles. The normalized spacial score (nSPS) is 14.9. The maximum atomic E-state index is 14.0. The Labute approximate surface area is 263 Å². The van der Waals surface area contributed by atoms with E-state index in [0.29, 0.717) is 36.2 Å². The van der Waals surface area contributed by atoms with Crippen LogP contribution in [0.4, 0.5) is 11.4 Å². The summed E-state index contributed by atoms with van der Waals surface area (Å²) in [6.45, 7) is 13.1. The lowest BCUT2D eigenvalue weighted by Crippen LogP contribution is -2.45. The van der Waals surface area contributed by atoms with Crippen molar-refractivity contribution < 1.29 is 9.90 Å². The van der Waals surface area contributed by atoms with Crippen molar-refractivity contribution in [2.45, 2.75) is 105 Å². The molecule has 1 aliphatic rings. The van der Waals surface area contributed by atoms with Crippen LogP contribution in [0.15, 0.2) is 39.3 Å². The zero-order valence-corrected chi connectivity index (χ0v) is 27.5. The van der Waals surface area contributed by atoms with E-state index in [-0.39, 0.29) is 28.6 Å². The fourth-order valence-electron chi connectivity index (χ4n) is 6.03. The van der Waals surface area contributed by atoms with Crippen molar-refractivity contribution in [2.24, 2.45) is 22.1 Å². The number of rotatable bonds is 16. The summed E-state index contributed by atoms with van der Waals surface area (Å²) in [7, 11) is 0. The minimum Gasteiger partial charge on any atom is -0.492 e. The van der Waals surface area contributed by atoms with Gasteiger partial charge < -0.3 is 15.0 Å². The van der Waals surface area contributed by atoms with Gasteiger partial charge in [0.1, 0.15) is 11.6 Å². The van der Waals surface area contributed by atoms with Gasteiger partial charge in [-0.25, -0.2) is 0 Å². The van der Waals surface area contributed by atoms with Crippen LogP contribution in [0.2, 0.25) is 0 Å². The smallest absolute Gasteiger partial charge is 0.300 e. The van der Waals surface area contributed by atoms with Crippen LogP contribution < -0.4 is 10.6 Å². The van der Waals surface area contributed by atoms with Gasteiger partial charge in [0.25, 0.3) is 11.5 Å². The van der Waals surface area contributed by atoms with Gasteiger partial charge >= 0.3 is 0 Å². The number of unbranched alkanes of at least 4 members (excludes halogenated alkanes) is 2. The molecule has 2 atom stereocenters. The second-order valence-corrected chi connectivity index (χ2v) is 12.2. The summed E-state index contributed by atoms with van der Waals surface area (Å²) in [4.78, 5) is 29.6. The number of nitriles is 1. The molecule has 1 amide bonds. The SMILES string of the molecule is CCCCC(CC)CN(CC(CC)CCCC)C(=O)c1cccc(N=Nc2c(C)c(C#N)c(O)n(N3CCCCC3)c2=O)c1. The largest absolute Gasteiger partial charge is 0.492 e. The number of piperidine rings is 1. The number of aromatic nitrogens is 1. The maximum absolute atomic E-state index is 14.0. The van der Waals surface area contributed by atoms with E-state index < -0.39 is 5.56 Å². The maximum Gasteiger partial charge on any atom is 0.300 e. The highest BCUT2D eigenvalue weighted by Crippen LogP contribution is 2.28. The Bertz CT molecular complexity index is 1340. The third-order valence-electron chi connectivity index (χ3n) is 8.97. The third kappa shape index (κ3) is 8.93. The number of hydrogen-bond donors (Lipinski definition) is 1. The molecule has 9 heteroatoms. The molecule has 0 radical (unpaired) electrons. The Morgan fingerprint density at radius 1 is 1.00 bits per heavy atom. The predicted molar refractivity (Wildman–Crippen MR) is 177 cm³/mol.